The van der Waals surface area contributed by atoms with Gasteiger partial charge in [-0.15, -0.1) is 0 Å². The number of carbonyl (C=O) groups excluding carboxylic acids is 1. The Balaban J connectivity index is 1.51. The second-order valence-electron chi connectivity index (χ2n) is 5.93. The second-order valence-corrected chi connectivity index (χ2v) is 5.93. The summed E-state index contributed by atoms with van der Waals surface area (Å²) in [5, 5.41) is 6.81. The van der Waals surface area contributed by atoms with Crippen LogP contribution in [0.25, 0.3) is 5.65 Å². The lowest BCUT2D eigenvalue weighted by molar-refractivity contribution is 0.0545. The molecule has 8 nitrogen and oxygen atoms in total. The molecule has 0 saturated carbocycles. The number of aromatic nitrogens is 5. The molecule has 1 amide bonds. The van der Waals surface area contributed by atoms with Crippen LogP contribution in [0.1, 0.15) is 28.7 Å². The highest BCUT2D eigenvalue weighted by Gasteiger charge is 2.33. The van der Waals surface area contributed by atoms with Crippen molar-refractivity contribution in [2.75, 3.05) is 20.2 Å². The first-order valence-corrected chi connectivity index (χ1v) is 7.88. The number of amides is 1. The number of nitrogens with zero attached hydrogens (tertiary/aromatic N) is 5. The monoisotopic (exact) mass is 326 g/mol. The van der Waals surface area contributed by atoms with Crippen molar-refractivity contribution in [3.63, 3.8) is 0 Å². The van der Waals surface area contributed by atoms with Crippen molar-refractivity contribution in [3.8, 4) is 0 Å². The van der Waals surface area contributed by atoms with E-state index in [2.05, 4.69) is 20.2 Å². The highest BCUT2D eigenvalue weighted by Crippen LogP contribution is 2.29. The van der Waals surface area contributed by atoms with Crippen LogP contribution in [0.2, 0.25) is 0 Å². The Kier molecular flexibility index (Phi) is 3.73. The van der Waals surface area contributed by atoms with E-state index in [-0.39, 0.29) is 17.9 Å². The summed E-state index contributed by atoms with van der Waals surface area (Å²) in [4.78, 5) is 22.9. The van der Waals surface area contributed by atoms with Gasteiger partial charge in [-0.25, -0.2) is 9.97 Å². The molecular weight excluding hydrogens is 308 g/mol. The molecule has 1 aliphatic rings. The topological polar surface area (TPSA) is 88.4 Å². The number of pyridine rings is 1. The average Bonchev–Trinajstić information content (AvgIpc) is 3.33. The third-order valence-corrected chi connectivity index (χ3v) is 4.43. The summed E-state index contributed by atoms with van der Waals surface area (Å²) < 4.78 is 7.60. The van der Waals surface area contributed by atoms with Gasteiger partial charge in [0.25, 0.3) is 5.91 Å². The molecule has 0 spiro atoms. The summed E-state index contributed by atoms with van der Waals surface area (Å²) in [5.41, 5.74) is 1.30. The quantitative estimate of drug-likeness (QED) is 0.775. The van der Waals surface area contributed by atoms with Gasteiger partial charge in [0, 0.05) is 32.3 Å². The van der Waals surface area contributed by atoms with Crippen LogP contribution in [0.4, 0.5) is 0 Å². The van der Waals surface area contributed by atoms with Crippen LogP contribution in [-0.2, 0) is 4.74 Å². The van der Waals surface area contributed by atoms with Crippen LogP contribution in [0.15, 0.2) is 36.9 Å². The van der Waals surface area contributed by atoms with Crippen molar-refractivity contribution in [2.45, 2.75) is 18.4 Å². The van der Waals surface area contributed by atoms with E-state index in [1.165, 1.54) is 6.33 Å². The Morgan fingerprint density at radius 2 is 2.38 bits per heavy atom. The number of nitrogens with one attached hydrogen (secondary N) is 1. The number of ether oxygens (including phenoxy) is 1. The second kappa shape index (κ2) is 6.04. The van der Waals surface area contributed by atoms with Crippen molar-refractivity contribution in [3.05, 3.63) is 48.4 Å². The van der Waals surface area contributed by atoms with Gasteiger partial charge in [-0.05, 0) is 18.6 Å². The number of aromatic amines is 1. The van der Waals surface area contributed by atoms with Crippen molar-refractivity contribution >= 4 is 11.6 Å². The first-order valence-electron chi connectivity index (χ1n) is 7.88. The number of imidazole rings is 1. The molecule has 24 heavy (non-hydrogen) atoms. The van der Waals surface area contributed by atoms with Crippen LogP contribution in [0.3, 0.4) is 0 Å². The lowest BCUT2D eigenvalue weighted by Crippen LogP contribution is -2.37. The summed E-state index contributed by atoms with van der Waals surface area (Å²) in [5.74, 6) is 0.860. The van der Waals surface area contributed by atoms with E-state index in [0.29, 0.717) is 18.8 Å². The Bertz CT molecular complexity index is 843. The summed E-state index contributed by atoms with van der Waals surface area (Å²) in [6.45, 7) is 1.15. The van der Waals surface area contributed by atoms with Crippen LogP contribution >= 0.6 is 0 Å². The molecule has 1 fully saturated rings. The summed E-state index contributed by atoms with van der Waals surface area (Å²) >= 11 is 0. The van der Waals surface area contributed by atoms with E-state index in [9.17, 15) is 4.79 Å². The molecule has 0 aliphatic carbocycles. The highest BCUT2D eigenvalue weighted by molar-refractivity contribution is 5.93. The third kappa shape index (κ3) is 2.54. The van der Waals surface area contributed by atoms with Gasteiger partial charge >= 0.3 is 0 Å². The molecule has 0 unspecified atom stereocenters. The zero-order valence-corrected chi connectivity index (χ0v) is 13.3. The van der Waals surface area contributed by atoms with Gasteiger partial charge in [0.15, 0.2) is 0 Å². The Labute approximate surface area is 138 Å². The maximum Gasteiger partial charge on any atom is 0.272 e. The maximum atomic E-state index is 12.8. The molecule has 1 aliphatic heterocycles. The normalized spacial score (nSPS) is 20.5. The minimum absolute atomic E-state index is 0.0829. The molecule has 8 heteroatoms. The van der Waals surface area contributed by atoms with Gasteiger partial charge in [-0.1, -0.05) is 6.07 Å². The largest absolute Gasteiger partial charge is 0.376 e. The maximum absolute atomic E-state index is 12.8. The van der Waals surface area contributed by atoms with Crippen molar-refractivity contribution in [2.24, 2.45) is 0 Å². The fraction of sp³-hybridized carbons (Fsp3) is 0.375. The predicted octanol–water partition coefficient (Wildman–Crippen LogP) is 1.10. The molecule has 0 aromatic carbocycles. The molecule has 1 saturated heterocycles. The molecule has 4 rings (SSSR count). The van der Waals surface area contributed by atoms with E-state index in [1.807, 2.05) is 24.4 Å². The number of H-pyrrole nitrogens is 1. The van der Waals surface area contributed by atoms with Gasteiger partial charge in [0.1, 0.15) is 23.5 Å². The fourth-order valence-corrected chi connectivity index (χ4v) is 3.17. The van der Waals surface area contributed by atoms with Crippen LogP contribution < -0.4 is 0 Å². The van der Waals surface area contributed by atoms with Crippen LogP contribution in [-0.4, -0.2) is 61.7 Å². The summed E-state index contributed by atoms with van der Waals surface area (Å²) in [7, 11) is 1.78. The van der Waals surface area contributed by atoms with E-state index in [4.69, 9.17) is 4.74 Å². The number of carbonyl (C=O) groups is 1. The number of rotatable bonds is 4. The fourth-order valence-electron chi connectivity index (χ4n) is 3.17. The summed E-state index contributed by atoms with van der Waals surface area (Å²) in [6, 6.07) is 5.65. The Hall–Kier alpha value is -2.74. The highest BCUT2D eigenvalue weighted by atomic mass is 16.5. The molecule has 4 heterocycles. The van der Waals surface area contributed by atoms with Crippen molar-refractivity contribution < 1.29 is 9.53 Å². The zero-order valence-electron chi connectivity index (χ0n) is 13.3. The molecule has 0 radical (unpaired) electrons. The van der Waals surface area contributed by atoms with E-state index in [0.717, 1.165) is 17.9 Å². The molecule has 124 valence electrons. The van der Waals surface area contributed by atoms with E-state index >= 15 is 0 Å². The molecule has 3 aromatic heterocycles. The van der Waals surface area contributed by atoms with E-state index < -0.39 is 0 Å². The van der Waals surface area contributed by atoms with Gasteiger partial charge in [0.05, 0.1) is 12.3 Å². The number of hydrogen-bond donors (Lipinski definition) is 1. The van der Waals surface area contributed by atoms with Crippen LogP contribution in [0.5, 0.6) is 0 Å². The number of fused-ring (bicyclic) bond motifs is 1. The zero-order chi connectivity index (χ0) is 16.5. The number of hydrogen-bond acceptors (Lipinski definition) is 5. The Morgan fingerprint density at radius 3 is 3.21 bits per heavy atom. The van der Waals surface area contributed by atoms with Gasteiger partial charge in [-0.2, -0.15) is 5.10 Å². The lowest BCUT2D eigenvalue weighted by Gasteiger charge is -2.23. The van der Waals surface area contributed by atoms with Gasteiger partial charge < -0.3 is 9.64 Å². The molecular formula is C16H18N6O2. The Morgan fingerprint density at radius 1 is 1.46 bits per heavy atom. The first-order chi connectivity index (χ1) is 11.7. The van der Waals surface area contributed by atoms with Gasteiger partial charge in [-0.3, -0.25) is 14.3 Å². The molecule has 0 bridgehead atoms. The summed E-state index contributed by atoms with van der Waals surface area (Å²) in [6.07, 6.45) is 5.73. The lowest BCUT2D eigenvalue weighted by atomic mass is 10.0. The SMILES string of the molecule is CN(C[C@H]1OCC[C@H]1c1ncn[nH]1)C(=O)c1cnc2ccccn12. The van der Waals surface area contributed by atoms with E-state index in [1.54, 1.807) is 22.5 Å². The molecule has 2 atom stereocenters. The first kappa shape index (κ1) is 14.8. The van der Waals surface area contributed by atoms with Crippen molar-refractivity contribution in [1.82, 2.24) is 29.5 Å². The van der Waals surface area contributed by atoms with Gasteiger partial charge in [0.2, 0.25) is 0 Å². The smallest absolute Gasteiger partial charge is 0.272 e. The predicted molar refractivity (Wildman–Crippen MR) is 85.6 cm³/mol. The standard InChI is InChI=1S/C16H18N6O2/c1-21(9-13-11(5-7-24-13)15-18-10-19-20-15)16(23)12-8-17-14-4-2-3-6-22(12)14/h2-4,6,8,10-11,13H,5,7,9H2,1H3,(H,18,19,20)/t11-,13-/m1/s1. The van der Waals surface area contributed by atoms with Crippen LogP contribution in [0, 0.1) is 0 Å². The third-order valence-electron chi connectivity index (χ3n) is 4.43. The molecule has 3 aromatic rings. The molecule has 1 N–H and O–H groups in total. The number of likely N-dealkylation sites (N-methyl/N-ethyl adjacent to an activating group) is 1. The minimum atomic E-state index is -0.0916. The average molecular weight is 326 g/mol. The minimum Gasteiger partial charge on any atom is -0.376 e. The van der Waals surface area contributed by atoms with Crippen molar-refractivity contribution in [1.29, 1.82) is 0 Å².